The molecule has 1 aliphatic carbocycles. The lowest BCUT2D eigenvalue weighted by molar-refractivity contribution is -0.125. The number of rotatable bonds is 11. The SMILES string of the molecule is CC1SC2C(C(c3ccc(CC4CN([C@@H]5CCN(C6CCC(C(=O)NC7CCC(Oc8ccc(C#N)c(Cl)c8)CC7)NN6)C5)C4)cc3)=N[C@@H](CC3NCCO3)C3NNC(C)N23)C1C. The molecule has 2 aromatic carbocycles. The Morgan fingerprint density at radius 1 is 0.984 bits per heavy atom. The molecule has 6 saturated heterocycles. The van der Waals surface area contributed by atoms with Crippen LogP contribution in [-0.2, 0) is 16.0 Å². The van der Waals surface area contributed by atoms with Gasteiger partial charge in [-0.1, -0.05) is 49.7 Å². The molecule has 8 aliphatic rings. The van der Waals surface area contributed by atoms with Gasteiger partial charge in [-0.2, -0.15) is 5.26 Å². The van der Waals surface area contributed by atoms with Crippen molar-refractivity contribution in [3.05, 3.63) is 64.2 Å². The summed E-state index contributed by atoms with van der Waals surface area (Å²) < 4.78 is 12.2. The van der Waals surface area contributed by atoms with Gasteiger partial charge in [0, 0.05) is 74.2 Å². The number of halogens is 1. The summed E-state index contributed by atoms with van der Waals surface area (Å²) in [6, 6.07) is 17.4. The first-order valence-corrected chi connectivity index (χ1v) is 25.1. The zero-order chi connectivity index (χ0) is 43.2. The molecule has 0 spiro atoms. The molecule has 6 N–H and O–H groups in total. The average molecular weight is 901 g/mol. The van der Waals surface area contributed by atoms with Gasteiger partial charge in [0.25, 0.3) is 0 Å². The minimum atomic E-state index is -0.229. The molecule has 1 amide bonds. The molecular formula is C47H66ClN11O3S. The van der Waals surface area contributed by atoms with Crippen LogP contribution in [0, 0.1) is 29.1 Å². The minimum absolute atomic E-state index is 0.0430. The van der Waals surface area contributed by atoms with E-state index in [2.05, 4.69) is 110 Å². The molecule has 0 radical (unpaired) electrons. The average Bonchev–Trinajstić information content (AvgIpc) is 4.09. The lowest BCUT2D eigenvalue weighted by Crippen LogP contribution is -2.62. The normalized spacial score (nSPS) is 37.7. The fourth-order valence-corrected chi connectivity index (χ4v) is 13.7. The first kappa shape index (κ1) is 44.0. The van der Waals surface area contributed by atoms with Crippen LogP contribution < -0.4 is 37.1 Å². The molecule has 10 rings (SSSR count). The van der Waals surface area contributed by atoms with Crippen molar-refractivity contribution in [2.24, 2.45) is 22.7 Å². The Bertz CT molecular complexity index is 2000. The van der Waals surface area contributed by atoms with E-state index in [4.69, 9.17) is 31.3 Å². The second-order valence-electron chi connectivity index (χ2n) is 19.6. The monoisotopic (exact) mass is 899 g/mol. The third-order valence-corrected chi connectivity index (χ3v) is 17.5. The van der Waals surface area contributed by atoms with Crippen LogP contribution in [0.1, 0.15) is 88.8 Å². The maximum atomic E-state index is 13.3. The Balaban J connectivity index is 0.668. The molecule has 2 aromatic rings. The van der Waals surface area contributed by atoms with E-state index in [1.54, 1.807) is 18.2 Å². The van der Waals surface area contributed by atoms with Gasteiger partial charge in [0.2, 0.25) is 5.91 Å². The second kappa shape index (κ2) is 19.2. The smallest absolute Gasteiger partial charge is 0.238 e. The molecule has 1 saturated carbocycles. The number of nitrogens with one attached hydrogen (secondary N) is 6. The number of nitrogens with zero attached hydrogens (tertiary/aromatic N) is 5. The number of likely N-dealkylation sites (tertiary alicyclic amines) is 2. The quantitative estimate of drug-likeness (QED) is 0.192. The molecule has 63 heavy (non-hydrogen) atoms. The van der Waals surface area contributed by atoms with Crippen molar-refractivity contribution in [1.82, 2.24) is 47.0 Å². The highest BCUT2D eigenvalue weighted by Crippen LogP contribution is 2.49. The van der Waals surface area contributed by atoms with Crippen LogP contribution >= 0.6 is 23.4 Å². The van der Waals surface area contributed by atoms with Gasteiger partial charge < -0.3 is 14.8 Å². The fourth-order valence-electron chi connectivity index (χ4n) is 11.7. The fraction of sp³-hybridized carbons (Fsp3) is 0.681. The summed E-state index contributed by atoms with van der Waals surface area (Å²) in [5, 5.41) is 17.3. The van der Waals surface area contributed by atoms with Gasteiger partial charge in [-0.05, 0) is 93.4 Å². The van der Waals surface area contributed by atoms with Gasteiger partial charge in [0.1, 0.15) is 24.1 Å². The van der Waals surface area contributed by atoms with E-state index in [0.29, 0.717) is 50.8 Å². The van der Waals surface area contributed by atoms with Gasteiger partial charge in [0.15, 0.2) is 0 Å². The molecule has 0 bridgehead atoms. The van der Waals surface area contributed by atoms with Crippen LogP contribution in [0.5, 0.6) is 5.75 Å². The summed E-state index contributed by atoms with van der Waals surface area (Å²) >= 11 is 8.31. The number of aliphatic imine (C=N–C) groups is 1. The van der Waals surface area contributed by atoms with Crippen molar-refractivity contribution in [3.8, 4) is 11.8 Å². The number of amides is 1. The highest BCUT2D eigenvalue weighted by molar-refractivity contribution is 8.00. The lowest BCUT2D eigenvalue weighted by Gasteiger charge is -2.44. The molecular weight excluding hydrogens is 834 g/mol. The third-order valence-electron chi connectivity index (χ3n) is 15.5. The zero-order valence-electron chi connectivity index (χ0n) is 37.0. The maximum absolute atomic E-state index is 13.3. The number of hydrazine groups is 2. The molecule has 14 nitrogen and oxygen atoms in total. The number of carbonyl (C=O) groups is 1. The summed E-state index contributed by atoms with van der Waals surface area (Å²) in [6.07, 6.45) is 9.15. The van der Waals surface area contributed by atoms with Crippen molar-refractivity contribution >= 4 is 35.0 Å². The van der Waals surface area contributed by atoms with Gasteiger partial charge in [-0.25, -0.2) is 21.7 Å². The summed E-state index contributed by atoms with van der Waals surface area (Å²) in [4.78, 5) is 26.9. The number of nitriles is 1. The summed E-state index contributed by atoms with van der Waals surface area (Å²) in [5.74, 6) is 2.34. The molecule has 11 atom stereocenters. The van der Waals surface area contributed by atoms with Crippen LogP contribution in [0.4, 0.5) is 0 Å². The van der Waals surface area contributed by atoms with Crippen LogP contribution in [0.2, 0.25) is 5.02 Å². The molecule has 7 heterocycles. The highest BCUT2D eigenvalue weighted by Gasteiger charge is 2.53. The maximum Gasteiger partial charge on any atom is 0.238 e. The summed E-state index contributed by atoms with van der Waals surface area (Å²) in [6.45, 7) is 13.3. The highest BCUT2D eigenvalue weighted by atomic mass is 35.5. The van der Waals surface area contributed by atoms with E-state index in [1.165, 1.54) is 23.3 Å². The predicted molar refractivity (Wildman–Crippen MR) is 247 cm³/mol. The largest absolute Gasteiger partial charge is 0.490 e. The zero-order valence-corrected chi connectivity index (χ0v) is 38.6. The molecule has 340 valence electrons. The van der Waals surface area contributed by atoms with E-state index in [1.807, 2.05) is 0 Å². The number of thioether (sulfide) groups is 1. The number of carbonyl (C=O) groups excluding carboxylic acids is 1. The number of fused-ring (bicyclic) bond motifs is 3. The van der Waals surface area contributed by atoms with Crippen molar-refractivity contribution in [3.63, 3.8) is 0 Å². The van der Waals surface area contributed by atoms with E-state index in [-0.39, 0.29) is 54.9 Å². The van der Waals surface area contributed by atoms with Crippen molar-refractivity contribution in [1.29, 1.82) is 5.26 Å². The summed E-state index contributed by atoms with van der Waals surface area (Å²) in [5.41, 5.74) is 18.5. The number of benzene rings is 2. The molecule has 7 fully saturated rings. The van der Waals surface area contributed by atoms with Crippen LogP contribution in [-0.4, -0.2) is 131 Å². The third kappa shape index (κ3) is 9.43. The van der Waals surface area contributed by atoms with Crippen LogP contribution in [0.15, 0.2) is 47.5 Å². The Morgan fingerprint density at radius 2 is 1.81 bits per heavy atom. The van der Waals surface area contributed by atoms with Gasteiger partial charge in [-0.15, -0.1) is 11.8 Å². The number of hydrogen-bond acceptors (Lipinski definition) is 14. The standard InChI is InChI=1S/C47H66ClN11O3S/c1-27-28(2)63-47-43(27)44(52-40(22-42-50-17-19-61-42)45-56-53-29(3)59(45)47)32-6-4-30(5-7-32)20-31-24-58(25-31)35-16-18-57(26-35)41-15-14-39(54-55-41)46(60)51-34-9-12-36(13-10-34)62-37-11-8-33(23-49)38(48)21-37/h4-8,11,21,27-29,31,34-36,39-43,45,47,50,53-56H,9-10,12-20,22,24-26H2,1-3H3,(H,51,60)/t27?,28?,29?,34?,35-,36?,39?,40+,41?,42?,43?,45?,47?/m1/s1. The van der Waals surface area contributed by atoms with Gasteiger partial charge >= 0.3 is 0 Å². The van der Waals surface area contributed by atoms with Crippen molar-refractivity contribution in [2.45, 2.75) is 144 Å². The first-order chi connectivity index (χ1) is 30.7. The minimum Gasteiger partial charge on any atom is -0.490 e. The molecule has 0 aromatic heterocycles. The first-order valence-electron chi connectivity index (χ1n) is 23.8. The molecule has 9 unspecified atom stereocenters. The number of hydrogen-bond donors (Lipinski definition) is 6. The van der Waals surface area contributed by atoms with E-state index < -0.39 is 0 Å². The predicted octanol–water partition coefficient (Wildman–Crippen LogP) is 4.15. The lowest BCUT2D eigenvalue weighted by atomic mass is 9.83. The summed E-state index contributed by atoms with van der Waals surface area (Å²) in [7, 11) is 0. The second-order valence-corrected chi connectivity index (χ2v) is 21.5. The van der Waals surface area contributed by atoms with Crippen molar-refractivity contribution in [2.75, 3.05) is 39.3 Å². The topological polar surface area (TPSA) is 154 Å². The Morgan fingerprint density at radius 3 is 2.54 bits per heavy atom. The van der Waals surface area contributed by atoms with E-state index in [9.17, 15) is 4.79 Å². The number of ether oxygens (including phenoxy) is 2. The molecule has 7 aliphatic heterocycles. The van der Waals surface area contributed by atoms with Gasteiger partial charge in [0.05, 0.1) is 53.2 Å². The molecule has 16 heteroatoms. The Hall–Kier alpha value is -2.85. The Kier molecular flexibility index (Phi) is 13.4. The Labute approximate surface area is 382 Å². The van der Waals surface area contributed by atoms with Crippen LogP contribution in [0.25, 0.3) is 0 Å². The van der Waals surface area contributed by atoms with E-state index in [0.717, 1.165) is 90.7 Å². The van der Waals surface area contributed by atoms with Crippen molar-refractivity contribution < 1.29 is 14.3 Å². The van der Waals surface area contributed by atoms with Gasteiger partial charge in [-0.3, -0.25) is 29.8 Å². The van der Waals surface area contributed by atoms with Crippen LogP contribution in [0.3, 0.4) is 0 Å². The van der Waals surface area contributed by atoms with E-state index >= 15 is 0 Å².